The normalized spacial score (nSPS) is 17.0. The first kappa shape index (κ1) is 11.9. The largest absolute Gasteiger partial charge is 0.340 e. The van der Waals surface area contributed by atoms with E-state index in [2.05, 4.69) is 26.8 Å². The first-order valence-electron chi connectivity index (χ1n) is 6.21. The molecule has 0 saturated carbocycles. The SMILES string of the molecule is CN1CCN(c2nc3ccc([N+](=O)[O-])cc3[nH]2)CC1. The van der Waals surface area contributed by atoms with E-state index in [1.54, 1.807) is 6.07 Å². The lowest BCUT2D eigenvalue weighted by Gasteiger charge is -2.32. The second-order valence-corrected chi connectivity index (χ2v) is 4.81. The van der Waals surface area contributed by atoms with Crippen molar-refractivity contribution in [2.45, 2.75) is 0 Å². The molecule has 1 saturated heterocycles. The Morgan fingerprint density at radius 2 is 2.05 bits per heavy atom. The molecule has 100 valence electrons. The molecule has 3 rings (SSSR count). The van der Waals surface area contributed by atoms with E-state index in [1.807, 2.05) is 0 Å². The molecule has 1 N–H and O–H groups in total. The summed E-state index contributed by atoms with van der Waals surface area (Å²) in [6.45, 7) is 3.82. The predicted molar refractivity (Wildman–Crippen MR) is 72.5 cm³/mol. The van der Waals surface area contributed by atoms with Gasteiger partial charge in [0.15, 0.2) is 0 Å². The second-order valence-electron chi connectivity index (χ2n) is 4.81. The molecule has 1 aromatic heterocycles. The first-order valence-corrected chi connectivity index (χ1v) is 6.21. The summed E-state index contributed by atoms with van der Waals surface area (Å²) >= 11 is 0. The van der Waals surface area contributed by atoms with Crippen LogP contribution in [-0.2, 0) is 0 Å². The number of non-ortho nitro benzene ring substituents is 1. The number of aromatic nitrogens is 2. The molecule has 1 aliphatic rings. The maximum absolute atomic E-state index is 10.7. The summed E-state index contributed by atoms with van der Waals surface area (Å²) in [7, 11) is 2.10. The molecule has 7 heteroatoms. The molecule has 2 heterocycles. The van der Waals surface area contributed by atoms with Gasteiger partial charge in [-0.15, -0.1) is 0 Å². The van der Waals surface area contributed by atoms with Crippen molar-refractivity contribution in [3.05, 3.63) is 28.3 Å². The number of imidazole rings is 1. The summed E-state index contributed by atoms with van der Waals surface area (Å²) in [6.07, 6.45) is 0. The van der Waals surface area contributed by atoms with Crippen LogP contribution in [0.5, 0.6) is 0 Å². The van der Waals surface area contributed by atoms with Crippen molar-refractivity contribution in [1.82, 2.24) is 14.9 Å². The quantitative estimate of drug-likeness (QED) is 0.649. The van der Waals surface area contributed by atoms with Crippen molar-refractivity contribution in [2.24, 2.45) is 0 Å². The van der Waals surface area contributed by atoms with Crippen LogP contribution in [-0.4, -0.2) is 53.0 Å². The molecule has 0 aliphatic carbocycles. The fraction of sp³-hybridized carbons (Fsp3) is 0.417. The number of hydrogen-bond donors (Lipinski definition) is 1. The van der Waals surface area contributed by atoms with Crippen LogP contribution in [0.2, 0.25) is 0 Å². The van der Waals surface area contributed by atoms with Gasteiger partial charge in [0.05, 0.1) is 16.0 Å². The van der Waals surface area contributed by atoms with Crippen molar-refractivity contribution in [1.29, 1.82) is 0 Å². The zero-order chi connectivity index (χ0) is 13.4. The van der Waals surface area contributed by atoms with Gasteiger partial charge in [-0.3, -0.25) is 10.1 Å². The molecular formula is C12H15N5O2. The number of rotatable bonds is 2. The van der Waals surface area contributed by atoms with E-state index in [4.69, 9.17) is 0 Å². The Kier molecular flexibility index (Phi) is 2.83. The Balaban J connectivity index is 1.91. The standard InChI is InChI=1S/C12H15N5O2/c1-15-4-6-16(7-5-15)12-13-10-3-2-9(17(18)19)8-11(10)14-12/h2-3,8H,4-7H2,1H3,(H,13,14). The molecule has 7 nitrogen and oxygen atoms in total. The van der Waals surface area contributed by atoms with Gasteiger partial charge >= 0.3 is 0 Å². The van der Waals surface area contributed by atoms with Crippen LogP contribution < -0.4 is 4.90 Å². The lowest BCUT2D eigenvalue weighted by Crippen LogP contribution is -2.44. The second kappa shape index (κ2) is 4.51. The van der Waals surface area contributed by atoms with Crippen molar-refractivity contribution in [2.75, 3.05) is 38.1 Å². The Morgan fingerprint density at radius 3 is 2.74 bits per heavy atom. The highest BCUT2D eigenvalue weighted by Crippen LogP contribution is 2.22. The van der Waals surface area contributed by atoms with E-state index in [-0.39, 0.29) is 5.69 Å². The molecule has 1 fully saturated rings. The average Bonchev–Trinajstić information content (AvgIpc) is 2.82. The number of fused-ring (bicyclic) bond motifs is 1. The molecule has 0 spiro atoms. The van der Waals surface area contributed by atoms with Crippen LogP contribution in [0.25, 0.3) is 11.0 Å². The first-order chi connectivity index (χ1) is 9.13. The highest BCUT2D eigenvalue weighted by molar-refractivity contribution is 5.80. The van der Waals surface area contributed by atoms with Crippen LogP contribution in [0.4, 0.5) is 11.6 Å². The van der Waals surface area contributed by atoms with Gasteiger partial charge in [0, 0.05) is 38.3 Å². The molecule has 2 aromatic rings. The minimum Gasteiger partial charge on any atom is -0.340 e. The minimum absolute atomic E-state index is 0.0843. The van der Waals surface area contributed by atoms with Crippen LogP contribution in [0.15, 0.2) is 18.2 Å². The Labute approximate surface area is 110 Å². The number of nitro groups is 1. The van der Waals surface area contributed by atoms with Gasteiger partial charge in [-0.1, -0.05) is 0 Å². The van der Waals surface area contributed by atoms with Gasteiger partial charge in [-0.2, -0.15) is 0 Å². The van der Waals surface area contributed by atoms with Gasteiger partial charge in [0.2, 0.25) is 5.95 Å². The number of nitro benzene ring substituents is 1. The number of hydrogen-bond acceptors (Lipinski definition) is 5. The third kappa shape index (κ3) is 2.24. The topological polar surface area (TPSA) is 78.3 Å². The number of piperazine rings is 1. The number of nitrogens with one attached hydrogen (secondary N) is 1. The summed E-state index contributed by atoms with van der Waals surface area (Å²) in [5, 5.41) is 10.7. The molecular weight excluding hydrogens is 246 g/mol. The van der Waals surface area contributed by atoms with E-state index < -0.39 is 4.92 Å². The van der Waals surface area contributed by atoms with Crippen LogP contribution in [0, 0.1) is 10.1 Å². The predicted octanol–water partition coefficient (Wildman–Crippen LogP) is 1.22. The third-order valence-corrected chi connectivity index (χ3v) is 3.47. The Hall–Kier alpha value is -2.15. The average molecular weight is 261 g/mol. The zero-order valence-corrected chi connectivity index (χ0v) is 10.7. The number of benzene rings is 1. The molecule has 0 radical (unpaired) electrons. The Morgan fingerprint density at radius 1 is 1.32 bits per heavy atom. The lowest BCUT2D eigenvalue weighted by atomic mass is 10.3. The van der Waals surface area contributed by atoms with Crippen LogP contribution in [0.1, 0.15) is 0 Å². The number of H-pyrrole nitrogens is 1. The monoisotopic (exact) mass is 261 g/mol. The summed E-state index contributed by atoms with van der Waals surface area (Å²) in [4.78, 5) is 22.5. The van der Waals surface area contributed by atoms with Gasteiger partial charge < -0.3 is 14.8 Å². The number of nitrogens with zero attached hydrogens (tertiary/aromatic N) is 4. The summed E-state index contributed by atoms with van der Waals surface area (Å²) in [5.74, 6) is 0.795. The Bertz CT molecular complexity index is 616. The van der Waals surface area contributed by atoms with E-state index in [1.165, 1.54) is 12.1 Å². The van der Waals surface area contributed by atoms with Crippen molar-refractivity contribution < 1.29 is 4.92 Å². The molecule has 0 unspecified atom stereocenters. The molecule has 0 amide bonds. The molecule has 19 heavy (non-hydrogen) atoms. The van der Waals surface area contributed by atoms with E-state index >= 15 is 0 Å². The number of likely N-dealkylation sites (N-methyl/N-ethyl adjacent to an activating group) is 1. The highest BCUT2D eigenvalue weighted by atomic mass is 16.6. The van der Waals surface area contributed by atoms with Crippen molar-refractivity contribution >= 4 is 22.7 Å². The van der Waals surface area contributed by atoms with E-state index in [9.17, 15) is 10.1 Å². The minimum atomic E-state index is -0.393. The van der Waals surface area contributed by atoms with Gasteiger partial charge in [0.1, 0.15) is 0 Å². The van der Waals surface area contributed by atoms with Gasteiger partial charge in [0.25, 0.3) is 5.69 Å². The smallest absolute Gasteiger partial charge is 0.271 e. The molecule has 0 atom stereocenters. The van der Waals surface area contributed by atoms with E-state index in [0.29, 0.717) is 5.52 Å². The fourth-order valence-corrected chi connectivity index (χ4v) is 2.27. The molecule has 1 aliphatic heterocycles. The van der Waals surface area contributed by atoms with Crippen LogP contribution in [0.3, 0.4) is 0 Å². The van der Waals surface area contributed by atoms with Gasteiger partial charge in [-0.25, -0.2) is 4.98 Å². The van der Waals surface area contributed by atoms with Gasteiger partial charge in [-0.05, 0) is 13.1 Å². The lowest BCUT2D eigenvalue weighted by molar-refractivity contribution is -0.384. The highest BCUT2D eigenvalue weighted by Gasteiger charge is 2.18. The maximum atomic E-state index is 10.7. The summed E-state index contributed by atoms with van der Waals surface area (Å²) < 4.78 is 0. The summed E-state index contributed by atoms with van der Waals surface area (Å²) in [5.41, 5.74) is 1.56. The molecule has 0 bridgehead atoms. The molecule has 1 aromatic carbocycles. The number of aromatic amines is 1. The van der Waals surface area contributed by atoms with Crippen LogP contribution >= 0.6 is 0 Å². The maximum Gasteiger partial charge on any atom is 0.271 e. The fourth-order valence-electron chi connectivity index (χ4n) is 2.27. The van der Waals surface area contributed by atoms with Crippen molar-refractivity contribution in [3.63, 3.8) is 0 Å². The van der Waals surface area contributed by atoms with Crippen molar-refractivity contribution in [3.8, 4) is 0 Å². The third-order valence-electron chi connectivity index (χ3n) is 3.47. The number of anilines is 1. The summed E-state index contributed by atoms with van der Waals surface area (Å²) in [6, 6.07) is 4.70. The zero-order valence-electron chi connectivity index (χ0n) is 10.7. The van der Waals surface area contributed by atoms with E-state index in [0.717, 1.165) is 37.6 Å².